The molecular weight excluding hydrogens is 418 g/mol. The first-order valence-electron chi connectivity index (χ1n) is 8.66. The van der Waals surface area contributed by atoms with Gasteiger partial charge in [0.1, 0.15) is 0 Å². The number of nitro groups is 1. The molecular formula is C20H18F2N2O7. The van der Waals surface area contributed by atoms with E-state index in [4.69, 9.17) is 4.74 Å². The van der Waals surface area contributed by atoms with Gasteiger partial charge < -0.3 is 19.5 Å². The summed E-state index contributed by atoms with van der Waals surface area (Å²) < 4.78 is 38.9. The quantitative estimate of drug-likeness (QED) is 0.288. The molecule has 0 saturated carbocycles. The van der Waals surface area contributed by atoms with E-state index >= 15 is 0 Å². The molecule has 0 radical (unpaired) electrons. The number of rotatable bonds is 8. The summed E-state index contributed by atoms with van der Waals surface area (Å²) in [5.74, 6) is -1.90. The fourth-order valence-corrected chi connectivity index (χ4v) is 2.65. The molecule has 2 rings (SSSR count). The fraction of sp³-hybridized carbons (Fsp3) is 0.200. The van der Waals surface area contributed by atoms with E-state index in [1.165, 1.54) is 20.3 Å². The van der Waals surface area contributed by atoms with Gasteiger partial charge in [-0.3, -0.25) is 14.9 Å². The topological polar surface area (TPSA) is 117 Å². The molecule has 0 unspecified atom stereocenters. The van der Waals surface area contributed by atoms with Gasteiger partial charge in [0, 0.05) is 11.8 Å². The summed E-state index contributed by atoms with van der Waals surface area (Å²) >= 11 is 0. The maximum absolute atomic E-state index is 12.5. The van der Waals surface area contributed by atoms with Crippen molar-refractivity contribution in [1.82, 2.24) is 0 Å². The number of nitro benzene ring substituents is 1. The number of nitrogens with zero attached hydrogens (tertiary/aromatic N) is 1. The number of carbonyl (C=O) groups excluding carboxylic acids is 2. The molecule has 0 aliphatic rings. The third-order valence-electron chi connectivity index (χ3n) is 4.14. The molecule has 0 atom stereocenters. The van der Waals surface area contributed by atoms with Crippen molar-refractivity contribution in [2.45, 2.75) is 13.5 Å². The number of halogens is 2. The number of ether oxygens (including phenoxy) is 3. The van der Waals surface area contributed by atoms with Crippen molar-refractivity contribution in [3.8, 4) is 11.5 Å². The van der Waals surface area contributed by atoms with Crippen molar-refractivity contribution < 1.29 is 37.5 Å². The Balaban J connectivity index is 2.32. The average Bonchev–Trinajstić information content (AvgIpc) is 2.72. The van der Waals surface area contributed by atoms with Crippen molar-refractivity contribution in [2.24, 2.45) is 0 Å². The van der Waals surface area contributed by atoms with Crippen molar-refractivity contribution in [3.63, 3.8) is 0 Å². The highest BCUT2D eigenvalue weighted by molar-refractivity contribution is 6.04. The van der Waals surface area contributed by atoms with Crippen LogP contribution in [0.2, 0.25) is 0 Å². The summed E-state index contributed by atoms with van der Waals surface area (Å²) in [7, 11) is 2.41. The van der Waals surface area contributed by atoms with Gasteiger partial charge >= 0.3 is 12.6 Å². The zero-order valence-corrected chi connectivity index (χ0v) is 16.7. The maximum Gasteiger partial charge on any atom is 0.387 e. The number of alkyl halides is 2. The second-order valence-electron chi connectivity index (χ2n) is 5.99. The van der Waals surface area contributed by atoms with Crippen LogP contribution >= 0.6 is 0 Å². The Hall–Kier alpha value is -4.02. The summed E-state index contributed by atoms with van der Waals surface area (Å²) in [6.07, 6.45) is 2.14. The number of benzene rings is 2. The van der Waals surface area contributed by atoms with Gasteiger partial charge in [-0.2, -0.15) is 8.78 Å². The average molecular weight is 436 g/mol. The van der Waals surface area contributed by atoms with Gasteiger partial charge in [-0.25, -0.2) is 4.79 Å². The van der Waals surface area contributed by atoms with Crippen LogP contribution in [-0.4, -0.2) is 37.6 Å². The molecule has 31 heavy (non-hydrogen) atoms. The van der Waals surface area contributed by atoms with Crippen LogP contribution in [0.15, 0.2) is 36.4 Å². The summed E-state index contributed by atoms with van der Waals surface area (Å²) in [6, 6.07) is 6.53. The first-order chi connectivity index (χ1) is 14.7. The van der Waals surface area contributed by atoms with Gasteiger partial charge in [0.05, 0.1) is 36.3 Å². The van der Waals surface area contributed by atoms with Gasteiger partial charge in [0.2, 0.25) is 5.91 Å². The highest BCUT2D eigenvalue weighted by Crippen LogP contribution is 2.36. The Labute approximate surface area is 175 Å². The van der Waals surface area contributed by atoms with E-state index in [1.807, 2.05) is 0 Å². The van der Waals surface area contributed by atoms with E-state index in [2.05, 4.69) is 14.8 Å². The summed E-state index contributed by atoms with van der Waals surface area (Å²) in [5.41, 5.74) is 0.435. The molecule has 1 amide bonds. The molecule has 0 fully saturated rings. The van der Waals surface area contributed by atoms with Crippen LogP contribution in [0.25, 0.3) is 6.08 Å². The fourth-order valence-electron chi connectivity index (χ4n) is 2.65. The van der Waals surface area contributed by atoms with Gasteiger partial charge in [0.25, 0.3) is 5.69 Å². The second-order valence-corrected chi connectivity index (χ2v) is 5.99. The van der Waals surface area contributed by atoms with Crippen molar-refractivity contribution >= 4 is 29.3 Å². The van der Waals surface area contributed by atoms with Gasteiger partial charge in [-0.05, 0) is 36.8 Å². The Morgan fingerprint density at radius 1 is 1.19 bits per heavy atom. The lowest BCUT2D eigenvalue weighted by Crippen LogP contribution is -2.12. The highest BCUT2D eigenvalue weighted by Gasteiger charge is 2.21. The van der Waals surface area contributed by atoms with Crippen LogP contribution in [0.3, 0.4) is 0 Å². The number of methoxy groups -OCH3 is 2. The van der Waals surface area contributed by atoms with Crippen molar-refractivity contribution in [2.75, 3.05) is 19.5 Å². The Kier molecular flexibility index (Phi) is 7.61. The van der Waals surface area contributed by atoms with E-state index in [-0.39, 0.29) is 16.9 Å². The molecule has 0 heterocycles. The third kappa shape index (κ3) is 5.75. The highest BCUT2D eigenvalue weighted by atomic mass is 19.3. The first-order valence-corrected chi connectivity index (χ1v) is 8.66. The summed E-state index contributed by atoms with van der Waals surface area (Å²) in [4.78, 5) is 34.6. The minimum Gasteiger partial charge on any atom is -0.493 e. The number of hydrogen-bond donors (Lipinski definition) is 1. The lowest BCUT2D eigenvalue weighted by atomic mass is 10.1. The monoisotopic (exact) mass is 436 g/mol. The number of carbonyl (C=O) groups is 2. The molecule has 0 aromatic heterocycles. The Bertz CT molecular complexity index is 1040. The molecule has 9 nitrogen and oxygen atoms in total. The zero-order valence-electron chi connectivity index (χ0n) is 16.7. The van der Waals surface area contributed by atoms with E-state index < -0.39 is 34.8 Å². The van der Waals surface area contributed by atoms with E-state index in [0.29, 0.717) is 11.3 Å². The number of amides is 1. The normalized spacial score (nSPS) is 10.8. The minimum absolute atomic E-state index is 0.0707. The SMILES string of the molecule is COC(=O)c1cccc(NC(=O)/C=C/c2cc(OC)c(OC(F)F)cc2[N+](=O)[O-])c1C. The van der Waals surface area contributed by atoms with Gasteiger partial charge in [-0.1, -0.05) is 6.07 Å². The standard InChI is InChI=1S/C20H18F2N2O7/c1-11-13(19(26)30-3)5-4-6-14(11)23-18(25)8-7-12-9-16(29-2)17(31-20(21)22)10-15(12)24(27)28/h4-10,20H,1-3H3,(H,23,25)/b8-7+. The molecule has 0 spiro atoms. The van der Waals surface area contributed by atoms with Crippen LogP contribution < -0.4 is 14.8 Å². The third-order valence-corrected chi connectivity index (χ3v) is 4.14. The predicted molar refractivity (Wildman–Crippen MR) is 106 cm³/mol. The van der Waals surface area contributed by atoms with Gasteiger partial charge in [0.15, 0.2) is 11.5 Å². The van der Waals surface area contributed by atoms with Crippen LogP contribution in [0.4, 0.5) is 20.2 Å². The van der Waals surface area contributed by atoms with Crippen LogP contribution in [0.5, 0.6) is 11.5 Å². The lowest BCUT2D eigenvalue weighted by Gasteiger charge is -2.11. The number of anilines is 1. The molecule has 2 aromatic carbocycles. The Morgan fingerprint density at radius 2 is 1.90 bits per heavy atom. The maximum atomic E-state index is 12.5. The largest absolute Gasteiger partial charge is 0.493 e. The second kappa shape index (κ2) is 10.1. The molecule has 0 aliphatic heterocycles. The summed E-state index contributed by atoms with van der Waals surface area (Å²) in [5, 5.41) is 13.9. The summed E-state index contributed by atoms with van der Waals surface area (Å²) in [6.45, 7) is -1.59. The van der Waals surface area contributed by atoms with Crippen LogP contribution in [0, 0.1) is 17.0 Å². The van der Waals surface area contributed by atoms with Crippen molar-refractivity contribution in [3.05, 3.63) is 63.2 Å². The molecule has 164 valence electrons. The minimum atomic E-state index is -3.20. The lowest BCUT2D eigenvalue weighted by molar-refractivity contribution is -0.385. The number of esters is 1. The van der Waals surface area contributed by atoms with Crippen molar-refractivity contribution in [1.29, 1.82) is 0 Å². The van der Waals surface area contributed by atoms with Crippen LogP contribution in [0.1, 0.15) is 21.5 Å². The molecule has 0 saturated heterocycles. The molecule has 0 bridgehead atoms. The molecule has 1 N–H and O–H groups in total. The van der Waals surface area contributed by atoms with Gasteiger partial charge in [-0.15, -0.1) is 0 Å². The molecule has 11 heteroatoms. The van der Waals surface area contributed by atoms with Crippen LogP contribution in [-0.2, 0) is 9.53 Å². The predicted octanol–water partition coefficient (Wildman–Crippen LogP) is 3.95. The first kappa shape index (κ1) is 23.3. The van der Waals surface area contributed by atoms with E-state index in [9.17, 15) is 28.5 Å². The number of nitrogens with one attached hydrogen (secondary N) is 1. The smallest absolute Gasteiger partial charge is 0.387 e. The number of hydrogen-bond acceptors (Lipinski definition) is 7. The van der Waals surface area contributed by atoms with E-state index in [0.717, 1.165) is 24.3 Å². The molecule has 0 aliphatic carbocycles. The Morgan fingerprint density at radius 3 is 2.48 bits per heavy atom. The van der Waals surface area contributed by atoms with E-state index in [1.54, 1.807) is 19.1 Å². The zero-order chi connectivity index (χ0) is 23.1. The molecule has 2 aromatic rings.